The highest BCUT2D eigenvalue weighted by atomic mass is 35.5. The van der Waals surface area contributed by atoms with E-state index in [1.54, 1.807) is 18.2 Å². The van der Waals surface area contributed by atoms with Crippen molar-refractivity contribution in [3.63, 3.8) is 0 Å². The van der Waals surface area contributed by atoms with E-state index in [0.717, 1.165) is 18.4 Å². The van der Waals surface area contributed by atoms with Crippen molar-refractivity contribution in [1.82, 2.24) is 5.32 Å². The van der Waals surface area contributed by atoms with Crippen LogP contribution in [0.2, 0.25) is 10.0 Å². The third-order valence-electron chi connectivity index (χ3n) is 3.86. The molecule has 0 aliphatic carbocycles. The first-order valence-electron chi connectivity index (χ1n) is 7.07. The fraction of sp³-hybridized carbons (Fsp3) is 0.533. The normalized spacial score (nSPS) is 19.0. The molecule has 0 spiro atoms. The molecule has 4 nitrogen and oxygen atoms in total. The number of nitrogens with two attached hydrogens (primary N) is 1. The molecular weight excluding hydrogens is 311 g/mol. The number of benzene rings is 1. The monoisotopic (exact) mass is 330 g/mol. The van der Waals surface area contributed by atoms with Crippen LogP contribution in [0.4, 0.5) is 0 Å². The van der Waals surface area contributed by atoms with Gasteiger partial charge in [0, 0.05) is 23.3 Å². The molecule has 0 radical (unpaired) electrons. The van der Waals surface area contributed by atoms with Crippen LogP contribution in [-0.4, -0.2) is 25.2 Å². The quantitative estimate of drug-likeness (QED) is 0.892. The molecule has 6 heteroatoms. The molecule has 2 unspecified atom stereocenters. The Hall–Kier alpha value is -0.810. The van der Waals surface area contributed by atoms with Gasteiger partial charge in [-0.2, -0.15) is 0 Å². The fourth-order valence-corrected chi connectivity index (χ4v) is 2.98. The van der Waals surface area contributed by atoms with Gasteiger partial charge in [-0.25, -0.2) is 0 Å². The molecule has 0 aromatic heterocycles. The maximum absolute atomic E-state index is 12.3. The zero-order valence-corrected chi connectivity index (χ0v) is 13.5. The lowest BCUT2D eigenvalue weighted by Gasteiger charge is -2.28. The van der Waals surface area contributed by atoms with Gasteiger partial charge >= 0.3 is 0 Å². The molecule has 1 fully saturated rings. The Morgan fingerprint density at radius 2 is 2.05 bits per heavy atom. The molecule has 21 heavy (non-hydrogen) atoms. The lowest BCUT2D eigenvalue weighted by Crippen LogP contribution is -2.47. The van der Waals surface area contributed by atoms with Gasteiger partial charge in [0.1, 0.15) is 0 Å². The second-order valence-electron chi connectivity index (χ2n) is 5.37. The van der Waals surface area contributed by atoms with Crippen LogP contribution in [0.25, 0.3) is 0 Å². The van der Waals surface area contributed by atoms with E-state index in [4.69, 9.17) is 33.7 Å². The number of ether oxygens (including phenoxy) is 1. The lowest BCUT2D eigenvalue weighted by atomic mass is 9.91. The van der Waals surface area contributed by atoms with E-state index in [2.05, 4.69) is 5.32 Å². The number of hydrogen-bond donors (Lipinski definition) is 2. The minimum atomic E-state index is -0.519. The highest BCUT2D eigenvalue weighted by Crippen LogP contribution is 2.26. The van der Waals surface area contributed by atoms with Crippen molar-refractivity contribution >= 4 is 29.1 Å². The van der Waals surface area contributed by atoms with Gasteiger partial charge in [-0.1, -0.05) is 23.2 Å². The molecule has 0 saturated carbocycles. The van der Waals surface area contributed by atoms with E-state index in [0.29, 0.717) is 23.3 Å². The van der Waals surface area contributed by atoms with Gasteiger partial charge in [-0.3, -0.25) is 4.79 Å². The molecule has 1 aromatic rings. The van der Waals surface area contributed by atoms with Crippen LogP contribution in [0, 0.1) is 5.92 Å². The Kier molecular flexibility index (Phi) is 5.88. The van der Waals surface area contributed by atoms with Crippen LogP contribution < -0.4 is 11.1 Å². The molecule has 1 heterocycles. The van der Waals surface area contributed by atoms with Gasteiger partial charge in [0.15, 0.2) is 0 Å². The van der Waals surface area contributed by atoms with Crippen LogP contribution >= 0.6 is 23.2 Å². The van der Waals surface area contributed by atoms with Crippen molar-refractivity contribution in [2.45, 2.75) is 31.8 Å². The average molecular weight is 331 g/mol. The summed E-state index contributed by atoms with van der Waals surface area (Å²) in [6, 6.07) is 4.44. The van der Waals surface area contributed by atoms with Crippen LogP contribution in [0.1, 0.15) is 31.4 Å². The number of rotatable bonds is 4. The number of amides is 1. The molecule has 1 aromatic carbocycles. The molecule has 1 amide bonds. The second-order valence-corrected chi connectivity index (χ2v) is 6.22. The zero-order chi connectivity index (χ0) is 15.4. The van der Waals surface area contributed by atoms with Gasteiger partial charge in [-0.15, -0.1) is 0 Å². The highest BCUT2D eigenvalue weighted by Gasteiger charge is 2.27. The maximum Gasteiger partial charge on any atom is 0.237 e. The van der Waals surface area contributed by atoms with Crippen molar-refractivity contribution in [2.75, 3.05) is 13.2 Å². The van der Waals surface area contributed by atoms with Crippen LogP contribution in [-0.2, 0) is 9.53 Å². The standard InChI is InChI=1S/C15H20Cl2N2O2/c1-9(12-8-11(16)2-3-13(12)17)19-15(20)14(18)10-4-6-21-7-5-10/h2-3,8-10,14H,4-7,18H2,1H3,(H,19,20). The first-order valence-corrected chi connectivity index (χ1v) is 7.83. The zero-order valence-electron chi connectivity index (χ0n) is 11.9. The van der Waals surface area contributed by atoms with Gasteiger partial charge in [-0.05, 0) is 49.4 Å². The molecule has 1 aliphatic heterocycles. The average Bonchev–Trinajstić information content (AvgIpc) is 2.49. The Bertz CT molecular complexity index is 504. The van der Waals surface area contributed by atoms with Gasteiger partial charge in [0.05, 0.1) is 12.1 Å². The summed E-state index contributed by atoms with van der Waals surface area (Å²) >= 11 is 12.1. The van der Waals surface area contributed by atoms with Crippen LogP contribution in [0.5, 0.6) is 0 Å². The smallest absolute Gasteiger partial charge is 0.237 e. The first-order chi connectivity index (χ1) is 9.99. The van der Waals surface area contributed by atoms with Crippen molar-refractivity contribution < 1.29 is 9.53 Å². The van der Waals surface area contributed by atoms with Gasteiger partial charge in [0.25, 0.3) is 0 Å². The van der Waals surface area contributed by atoms with Crippen molar-refractivity contribution in [3.8, 4) is 0 Å². The predicted octanol–water partition coefficient (Wildman–Crippen LogP) is 2.92. The van der Waals surface area contributed by atoms with E-state index in [-0.39, 0.29) is 17.9 Å². The van der Waals surface area contributed by atoms with Gasteiger partial charge in [0.2, 0.25) is 5.91 Å². The maximum atomic E-state index is 12.3. The van der Waals surface area contributed by atoms with Crippen LogP contribution in [0.3, 0.4) is 0 Å². The van der Waals surface area contributed by atoms with E-state index in [9.17, 15) is 4.79 Å². The Balaban J connectivity index is 1.99. The van der Waals surface area contributed by atoms with Crippen molar-refractivity contribution in [3.05, 3.63) is 33.8 Å². The number of carbonyl (C=O) groups excluding carboxylic acids is 1. The molecule has 1 saturated heterocycles. The van der Waals surface area contributed by atoms with Crippen molar-refractivity contribution in [1.29, 1.82) is 0 Å². The summed E-state index contributed by atoms with van der Waals surface area (Å²) in [5.41, 5.74) is 6.85. The Labute approximate surface area is 134 Å². The minimum absolute atomic E-state index is 0.162. The molecule has 3 N–H and O–H groups in total. The van der Waals surface area contributed by atoms with Crippen molar-refractivity contribution in [2.24, 2.45) is 11.7 Å². The Morgan fingerprint density at radius 3 is 2.71 bits per heavy atom. The van der Waals surface area contributed by atoms with E-state index in [1.807, 2.05) is 6.92 Å². The topological polar surface area (TPSA) is 64.4 Å². The largest absolute Gasteiger partial charge is 0.381 e. The molecule has 2 rings (SSSR count). The number of carbonyl (C=O) groups is 1. The summed E-state index contributed by atoms with van der Waals surface area (Å²) in [4.78, 5) is 12.3. The number of hydrogen-bond acceptors (Lipinski definition) is 3. The third-order valence-corrected chi connectivity index (χ3v) is 4.44. The molecular formula is C15H20Cl2N2O2. The summed E-state index contributed by atoms with van der Waals surface area (Å²) in [7, 11) is 0. The van der Waals surface area contributed by atoms with Gasteiger partial charge < -0.3 is 15.8 Å². The molecule has 1 aliphatic rings. The minimum Gasteiger partial charge on any atom is -0.381 e. The highest BCUT2D eigenvalue weighted by molar-refractivity contribution is 6.33. The molecule has 116 valence electrons. The predicted molar refractivity (Wildman–Crippen MR) is 84.5 cm³/mol. The first kappa shape index (κ1) is 16.6. The third kappa shape index (κ3) is 4.33. The summed E-state index contributed by atoms with van der Waals surface area (Å²) in [5, 5.41) is 4.08. The second kappa shape index (κ2) is 7.45. The number of halogens is 2. The molecule has 2 atom stereocenters. The number of nitrogens with one attached hydrogen (secondary N) is 1. The summed E-state index contributed by atoms with van der Waals surface area (Å²) < 4.78 is 5.29. The van der Waals surface area contributed by atoms with E-state index < -0.39 is 6.04 Å². The Morgan fingerprint density at radius 1 is 1.38 bits per heavy atom. The SMILES string of the molecule is CC(NC(=O)C(N)C1CCOCC1)c1cc(Cl)ccc1Cl. The fourth-order valence-electron chi connectivity index (χ4n) is 2.52. The van der Waals surface area contributed by atoms with Crippen LogP contribution in [0.15, 0.2) is 18.2 Å². The van der Waals surface area contributed by atoms with E-state index >= 15 is 0 Å². The summed E-state index contributed by atoms with van der Waals surface area (Å²) in [5.74, 6) is 0.00576. The summed E-state index contributed by atoms with van der Waals surface area (Å²) in [6.45, 7) is 3.20. The lowest BCUT2D eigenvalue weighted by molar-refractivity contribution is -0.125. The molecule has 0 bridgehead atoms. The summed E-state index contributed by atoms with van der Waals surface area (Å²) in [6.07, 6.45) is 1.64. The van der Waals surface area contributed by atoms with E-state index in [1.165, 1.54) is 0 Å².